The first-order valence-electron chi connectivity index (χ1n) is 16.8. The molecule has 3 amide bonds. The Hall–Kier alpha value is -3.79. The predicted octanol–water partition coefficient (Wildman–Crippen LogP) is 6.27. The molecule has 0 saturated carbocycles. The van der Waals surface area contributed by atoms with Crippen molar-refractivity contribution in [3.8, 4) is 11.5 Å². The van der Waals surface area contributed by atoms with Gasteiger partial charge in [-0.1, -0.05) is 30.3 Å². The summed E-state index contributed by atoms with van der Waals surface area (Å²) in [7, 11) is 3.22. The lowest BCUT2D eigenvalue weighted by Gasteiger charge is -2.32. The quantitative estimate of drug-likeness (QED) is 0.197. The Morgan fingerprint density at radius 2 is 1.66 bits per heavy atom. The van der Waals surface area contributed by atoms with Crippen LogP contribution in [0.25, 0.3) is 0 Å². The highest BCUT2D eigenvalue weighted by atomic mass is 16.6. The number of rotatable bonds is 16. The van der Waals surface area contributed by atoms with E-state index in [0.717, 1.165) is 5.56 Å². The Kier molecular flexibility index (Phi) is 14.4. The molecule has 10 nitrogen and oxygen atoms in total. The Balaban J connectivity index is 1.79. The number of carbonyl (C=O) groups excluding carboxylic acids is 3. The number of likely N-dealkylation sites (tertiary alicyclic amines) is 1. The molecule has 2 aromatic rings. The standard InChI is InChI=1S/C37H55N3O7/c1-9-38(23-28-14-11-10-12-15-28)34(41)19-17-30-24-39(36(43)47-37(4,5)6)25-31(30)26-40(27(2)3)35(42)29-16-18-32(45-8)33(22-29)46-21-13-20-44-7/h10-12,14-16,18,22,27,30-31H,9,13,17,19-21,23-26H2,1-8H3. The van der Waals surface area contributed by atoms with Gasteiger partial charge in [0.1, 0.15) is 5.60 Å². The fraction of sp³-hybridized carbons (Fsp3) is 0.595. The zero-order valence-corrected chi connectivity index (χ0v) is 29.6. The molecule has 1 aliphatic rings. The van der Waals surface area contributed by atoms with Crippen LogP contribution in [0.15, 0.2) is 48.5 Å². The molecule has 2 atom stereocenters. The van der Waals surface area contributed by atoms with Crippen molar-refractivity contribution in [3.63, 3.8) is 0 Å². The molecule has 2 unspecified atom stereocenters. The molecule has 0 aliphatic carbocycles. The molecule has 260 valence electrons. The van der Waals surface area contributed by atoms with Crippen LogP contribution < -0.4 is 9.47 Å². The van der Waals surface area contributed by atoms with Crippen molar-refractivity contribution < 1.29 is 33.3 Å². The van der Waals surface area contributed by atoms with E-state index in [1.807, 2.05) is 81.7 Å². The van der Waals surface area contributed by atoms with Gasteiger partial charge in [0, 0.05) is 70.9 Å². The van der Waals surface area contributed by atoms with Gasteiger partial charge in [0.2, 0.25) is 5.91 Å². The average molecular weight is 654 g/mol. The minimum atomic E-state index is -0.628. The summed E-state index contributed by atoms with van der Waals surface area (Å²) in [5.74, 6) is 0.994. The lowest BCUT2D eigenvalue weighted by Crippen LogP contribution is -2.42. The van der Waals surface area contributed by atoms with Crippen LogP contribution in [0, 0.1) is 11.8 Å². The van der Waals surface area contributed by atoms with Gasteiger partial charge in [-0.25, -0.2) is 4.79 Å². The average Bonchev–Trinajstić information content (AvgIpc) is 3.45. The summed E-state index contributed by atoms with van der Waals surface area (Å²) in [6, 6.07) is 15.1. The first-order valence-corrected chi connectivity index (χ1v) is 16.8. The number of hydrogen-bond donors (Lipinski definition) is 0. The van der Waals surface area contributed by atoms with Crippen molar-refractivity contribution in [2.45, 2.75) is 79.0 Å². The van der Waals surface area contributed by atoms with E-state index in [1.54, 1.807) is 37.3 Å². The zero-order chi connectivity index (χ0) is 34.6. The van der Waals surface area contributed by atoms with Crippen molar-refractivity contribution in [2.24, 2.45) is 11.8 Å². The van der Waals surface area contributed by atoms with E-state index in [0.29, 0.717) is 82.3 Å². The summed E-state index contributed by atoms with van der Waals surface area (Å²) in [5, 5.41) is 0. The van der Waals surface area contributed by atoms with Gasteiger partial charge in [0.05, 0.1) is 13.7 Å². The smallest absolute Gasteiger partial charge is 0.410 e. The van der Waals surface area contributed by atoms with Crippen LogP contribution in [-0.4, -0.2) is 97.9 Å². The molecule has 0 bridgehead atoms. The molecule has 1 saturated heterocycles. The number of ether oxygens (including phenoxy) is 4. The molecule has 0 aromatic heterocycles. The second kappa shape index (κ2) is 17.9. The van der Waals surface area contributed by atoms with Gasteiger partial charge in [-0.3, -0.25) is 9.59 Å². The third-order valence-electron chi connectivity index (χ3n) is 8.38. The van der Waals surface area contributed by atoms with Crippen molar-refractivity contribution >= 4 is 17.9 Å². The molecule has 0 spiro atoms. The first kappa shape index (κ1) is 37.7. The molecule has 2 aromatic carbocycles. The minimum absolute atomic E-state index is 0.0199. The zero-order valence-electron chi connectivity index (χ0n) is 29.6. The van der Waals surface area contributed by atoms with E-state index in [9.17, 15) is 14.4 Å². The number of amides is 3. The molecule has 3 rings (SSSR count). The van der Waals surface area contributed by atoms with Crippen LogP contribution in [0.4, 0.5) is 4.79 Å². The van der Waals surface area contributed by atoms with E-state index >= 15 is 0 Å². The lowest BCUT2D eigenvalue weighted by atomic mass is 9.90. The van der Waals surface area contributed by atoms with Crippen LogP contribution in [-0.2, 0) is 20.8 Å². The lowest BCUT2D eigenvalue weighted by molar-refractivity contribution is -0.132. The van der Waals surface area contributed by atoms with E-state index in [1.165, 1.54) is 0 Å². The van der Waals surface area contributed by atoms with E-state index in [2.05, 4.69) is 0 Å². The van der Waals surface area contributed by atoms with E-state index < -0.39 is 5.60 Å². The summed E-state index contributed by atoms with van der Waals surface area (Å²) < 4.78 is 22.3. The van der Waals surface area contributed by atoms with Gasteiger partial charge in [0.15, 0.2) is 11.5 Å². The Bertz CT molecular complexity index is 1290. The number of carbonyl (C=O) groups is 3. The van der Waals surface area contributed by atoms with Crippen LogP contribution in [0.3, 0.4) is 0 Å². The molecule has 10 heteroatoms. The SMILES string of the molecule is CCN(Cc1ccccc1)C(=O)CCC1CN(C(=O)OC(C)(C)C)CC1CN(C(=O)c1ccc(OC)c(OCCCOC)c1)C(C)C. The second-order valence-corrected chi connectivity index (χ2v) is 13.4. The largest absolute Gasteiger partial charge is 0.493 e. The number of hydrogen-bond acceptors (Lipinski definition) is 7. The van der Waals surface area contributed by atoms with Crippen LogP contribution in [0.5, 0.6) is 11.5 Å². The highest BCUT2D eigenvalue weighted by Gasteiger charge is 2.39. The van der Waals surface area contributed by atoms with E-state index in [4.69, 9.17) is 18.9 Å². The van der Waals surface area contributed by atoms with Crippen molar-refractivity contribution in [1.82, 2.24) is 14.7 Å². The molecular formula is C37H55N3O7. The molecular weight excluding hydrogens is 598 g/mol. The maximum Gasteiger partial charge on any atom is 0.410 e. The van der Waals surface area contributed by atoms with Gasteiger partial charge >= 0.3 is 6.09 Å². The second-order valence-electron chi connectivity index (χ2n) is 13.4. The number of methoxy groups -OCH3 is 2. The number of benzene rings is 2. The topological polar surface area (TPSA) is 97.9 Å². The summed E-state index contributed by atoms with van der Waals surface area (Å²) >= 11 is 0. The minimum Gasteiger partial charge on any atom is -0.493 e. The van der Waals surface area contributed by atoms with Gasteiger partial charge in [-0.15, -0.1) is 0 Å². The normalized spacial score (nSPS) is 16.2. The molecule has 0 N–H and O–H groups in total. The number of nitrogens with zero attached hydrogens (tertiary/aromatic N) is 3. The monoisotopic (exact) mass is 653 g/mol. The summed E-state index contributed by atoms with van der Waals surface area (Å²) in [6.07, 6.45) is 1.30. The molecule has 0 radical (unpaired) electrons. The molecule has 1 fully saturated rings. The first-order chi connectivity index (χ1) is 22.4. The Morgan fingerprint density at radius 3 is 2.28 bits per heavy atom. The van der Waals surface area contributed by atoms with Crippen LogP contribution >= 0.6 is 0 Å². The van der Waals surface area contributed by atoms with Gasteiger partial charge in [-0.2, -0.15) is 0 Å². The molecule has 47 heavy (non-hydrogen) atoms. The van der Waals surface area contributed by atoms with Gasteiger partial charge in [-0.05, 0) is 83.6 Å². The Labute approximate surface area is 281 Å². The van der Waals surface area contributed by atoms with Crippen LogP contribution in [0.2, 0.25) is 0 Å². The maximum atomic E-state index is 14.0. The molecule has 1 heterocycles. The van der Waals surface area contributed by atoms with Gasteiger partial charge < -0.3 is 33.6 Å². The fourth-order valence-corrected chi connectivity index (χ4v) is 5.85. The highest BCUT2D eigenvalue weighted by molar-refractivity contribution is 5.95. The summed E-state index contributed by atoms with van der Waals surface area (Å²) in [6.45, 7) is 15.1. The third kappa shape index (κ3) is 11.4. The summed E-state index contributed by atoms with van der Waals surface area (Å²) in [4.78, 5) is 46.0. The summed E-state index contributed by atoms with van der Waals surface area (Å²) in [5.41, 5.74) is 0.956. The van der Waals surface area contributed by atoms with E-state index in [-0.39, 0.29) is 35.8 Å². The highest BCUT2D eigenvalue weighted by Crippen LogP contribution is 2.33. The predicted molar refractivity (Wildman–Crippen MR) is 183 cm³/mol. The van der Waals surface area contributed by atoms with Crippen molar-refractivity contribution in [3.05, 3.63) is 59.7 Å². The van der Waals surface area contributed by atoms with Crippen LogP contribution in [0.1, 0.15) is 76.7 Å². The maximum absolute atomic E-state index is 14.0. The fourth-order valence-electron chi connectivity index (χ4n) is 5.85. The van der Waals surface area contributed by atoms with Crippen molar-refractivity contribution in [2.75, 3.05) is 53.6 Å². The molecule has 1 aliphatic heterocycles. The third-order valence-corrected chi connectivity index (χ3v) is 8.38. The Morgan fingerprint density at radius 1 is 0.957 bits per heavy atom. The van der Waals surface area contributed by atoms with Crippen molar-refractivity contribution in [1.29, 1.82) is 0 Å². The van der Waals surface area contributed by atoms with Gasteiger partial charge in [0.25, 0.3) is 5.91 Å².